The Morgan fingerprint density at radius 2 is 0.889 bits per heavy atom. The molecular weight excluding hydrogens is 773 g/mol. The van der Waals surface area contributed by atoms with Gasteiger partial charge in [-0.25, -0.2) is 0 Å². The van der Waals surface area contributed by atoms with E-state index in [2.05, 4.69) is 185 Å². The SMILES string of the molecule is c1ccc2cc3c(cc2c1)c1cc(-n2c4ccccc4c4ccccc42)ccc1n3-c1cccc2c1oc1ccc3oc4cc(-c5ccc6oc7ccccc7c6c5)ccc4c3c12. The molecule has 0 spiro atoms. The van der Waals surface area contributed by atoms with Crippen LogP contribution >= 0.6 is 0 Å². The maximum atomic E-state index is 6.98. The van der Waals surface area contributed by atoms with Crippen LogP contribution in [0.5, 0.6) is 0 Å². The Bertz CT molecular complexity index is 4400. The van der Waals surface area contributed by atoms with Crippen molar-refractivity contribution < 1.29 is 13.3 Å². The molecule has 0 unspecified atom stereocenters. The standard InChI is InChI=1S/C58H32N2O3/c1-2-11-34-30-50-43(28-33(34)10-1)44-32-37(59-46-16-6-3-12-38(46)39-13-4-7-17-47(39)59)22-24-48(44)60(50)49-18-9-15-42-57-54(63-58(42)49)27-26-53-56(57)41-23-20-36(31-55(41)62-53)35-21-25-52-45(29-35)40-14-5-8-19-51(40)61-52/h1-32H. The number of aromatic nitrogens is 2. The highest BCUT2D eigenvalue weighted by atomic mass is 16.3. The van der Waals surface area contributed by atoms with Gasteiger partial charge in [0.15, 0.2) is 5.58 Å². The molecule has 0 atom stereocenters. The van der Waals surface area contributed by atoms with Crippen molar-refractivity contribution in [2.75, 3.05) is 0 Å². The van der Waals surface area contributed by atoms with Crippen LogP contribution < -0.4 is 0 Å². The minimum absolute atomic E-state index is 0.828. The molecule has 0 saturated carbocycles. The molecule has 292 valence electrons. The third kappa shape index (κ3) is 4.50. The van der Waals surface area contributed by atoms with Gasteiger partial charge in [0, 0.05) is 59.5 Å². The van der Waals surface area contributed by atoms with Crippen molar-refractivity contribution >= 4 is 120 Å². The van der Waals surface area contributed by atoms with E-state index in [1.165, 1.54) is 43.4 Å². The lowest BCUT2D eigenvalue weighted by molar-refractivity contribution is 0.661. The van der Waals surface area contributed by atoms with Crippen LogP contribution in [0.25, 0.3) is 143 Å². The molecule has 0 N–H and O–H groups in total. The van der Waals surface area contributed by atoms with E-state index in [1.54, 1.807) is 0 Å². The van der Waals surface area contributed by atoms with Gasteiger partial charge in [0.2, 0.25) is 0 Å². The number of nitrogens with zero attached hydrogens (tertiary/aromatic N) is 2. The summed E-state index contributed by atoms with van der Waals surface area (Å²) in [5.41, 5.74) is 14.1. The van der Waals surface area contributed by atoms with Crippen molar-refractivity contribution in [2.24, 2.45) is 0 Å². The zero-order valence-corrected chi connectivity index (χ0v) is 33.6. The Hall–Kier alpha value is -8.54. The molecule has 5 heteroatoms. The molecule has 0 aliphatic rings. The Balaban J connectivity index is 0.950. The van der Waals surface area contributed by atoms with Crippen LogP contribution in [0.15, 0.2) is 207 Å². The molecular formula is C58H32N2O3. The summed E-state index contributed by atoms with van der Waals surface area (Å²) in [7, 11) is 0. The predicted octanol–water partition coefficient (Wildman–Crippen LogP) is 16.4. The van der Waals surface area contributed by atoms with Crippen molar-refractivity contribution in [3.05, 3.63) is 194 Å². The minimum atomic E-state index is 0.828. The van der Waals surface area contributed by atoms with E-state index in [9.17, 15) is 0 Å². The normalized spacial score (nSPS) is 12.4. The number of rotatable bonds is 3. The van der Waals surface area contributed by atoms with E-state index in [0.717, 1.165) is 99.4 Å². The van der Waals surface area contributed by atoms with Crippen LogP contribution in [-0.2, 0) is 0 Å². The highest BCUT2D eigenvalue weighted by molar-refractivity contribution is 6.27. The fourth-order valence-corrected chi connectivity index (χ4v) is 10.7. The van der Waals surface area contributed by atoms with E-state index in [0.29, 0.717) is 0 Å². The van der Waals surface area contributed by atoms with Crippen LogP contribution in [0.1, 0.15) is 0 Å². The van der Waals surface area contributed by atoms with Crippen molar-refractivity contribution in [1.29, 1.82) is 0 Å². The van der Waals surface area contributed by atoms with E-state index >= 15 is 0 Å². The number of furan rings is 3. The lowest BCUT2D eigenvalue weighted by Gasteiger charge is -2.11. The first kappa shape index (κ1) is 33.2. The summed E-state index contributed by atoms with van der Waals surface area (Å²) in [5, 5.41) is 13.7. The first-order valence-corrected chi connectivity index (χ1v) is 21.4. The summed E-state index contributed by atoms with van der Waals surface area (Å²) in [4.78, 5) is 0. The quantitative estimate of drug-likeness (QED) is 0.179. The van der Waals surface area contributed by atoms with Gasteiger partial charge >= 0.3 is 0 Å². The second kappa shape index (κ2) is 12.1. The number of fused-ring (bicyclic) bond motifs is 17. The van der Waals surface area contributed by atoms with Crippen LogP contribution in [0.2, 0.25) is 0 Å². The third-order valence-corrected chi connectivity index (χ3v) is 13.5. The Morgan fingerprint density at radius 3 is 1.73 bits per heavy atom. The summed E-state index contributed by atoms with van der Waals surface area (Å²) in [6, 6.07) is 69.5. The van der Waals surface area contributed by atoms with Gasteiger partial charge in [-0.05, 0) is 113 Å². The third-order valence-electron chi connectivity index (χ3n) is 13.5. The van der Waals surface area contributed by atoms with Crippen LogP contribution in [0, 0.1) is 0 Å². The van der Waals surface area contributed by atoms with Crippen molar-refractivity contribution in [1.82, 2.24) is 9.13 Å². The molecule has 5 heterocycles. The number of hydrogen-bond donors (Lipinski definition) is 0. The van der Waals surface area contributed by atoms with Crippen LogP contribution in [-0.4, -0.2) is 9.13 Å². The Kier molecular flexibility index (Phi) is 6.36. The molecule has 10 aromatic carbocycles. The van der Waals surface area contributed by atoms with Gasteiger partial charge in [0.05, 0.1) is 27.8 Å². The largest absolute Gasteiger partial charge is 0.456 e. The molecule has 0 amide bonds. The second-order valence-electron chi connectivity index (χ2n) is 16.8. The summed E-state index contributed by atoms with van der Waals surface area (Å²) in [6.07, 6.45) is 0. The zero-order chi connectivity index (χ0) is 40.9. The molecule has 0 bridgehead atoms. The number of hydrogen-bond acceptors (Lipinski definition) is 3. The first-order valence-electron chi connectivity index (χ1n) is 21.4. The maximum absolute atomic E-state index is 6.98. The first-order chi connectivity index (χ1) is 31.2. The predicted molar refractivity (Wildman–Crippen MR) is 260 cm³/mol. The van der Waals surface area contributed by atoms with Gasteiger partial charge in [-0.3, -0.25) is 0 Å². The van der Waals surface area contributed by atoms with E-state index in [1.807, 2.05) is 18.2 Å². The van der Waals surface area contributed by atoms with Crippen molar-refractivity contribution in [3.63, 3.8) is 0 Å². The molecule has 63 heavy (non-hydrogen) atoms. The highest BCUT2D eigenvalue weighted by Crippen LogP contribution is 2.45. The average Bonchev–Trinajstić information content (AvgIpc) is 4.14. The average molecular weight is 805 g/mol. The molecule has 0 radical (unpaired) electrons. The van der Waals surface area contributed by atoms with Gasteiger partial charge in [-0.15, -0.1) is 0 Å². The molecule has 0 fully saturated rings. The zero-order valence-electron chi connectivity index (χ0n) is 33.6. The number of benzene rings is 10. The Labute approximate surface area is 357 Å². The van der Waals surface area contributed by atoms with E-state index in [4.69, 9.17) is 13.3 Å². The molecule has 0 aliphatic heterocycles. The smallest absolute Gasteiger partial charge is 0.159 e. The summed E-state index contributed by atoms with van der Waals surface area (Å²) in [5.74, 6) is 0. The summed E-state index contributed by atoms with van der Waals surface area (Å²) < 4.78 is 24.6. The van der Waals surface area contributed by atoms with Gasteiger partial charge in [0.1, 0.15) is 27.9 Å². The van der Waals surface area contributed by atoms with Gasteiger partial charge < -0.3 is 22.4 Å². The molecule has 5 nitrogen and oxygen atoms in total. The van der Waals surface area contributed by atoms with E-state index in [-0.39, 0.29) is 0 Å². The molecule has 15 rings (SSSR count). The molecule has 5 aromatic heterocycles. The summed E-state index contributed by atoms with van der Waals surface area (Å²) >= 11 is 0. The molecule has 0 aliphatic carbocycles. The molecule has 0 saturated heterocycles. The Morgan fingerprint density at radius 1 is 0.286 bits per heavy atom. The second-order valence-corrected chi connectivity index (χ2v) is 16.8. The van der Waals surface area contributed by atoms with Crippen molar-refractivity contribution in [3.8, 4) is 22.5 Å². The maximum Gasteiger partial charge on any atom is 0.159 e. The summed E-state index contributed by atoms with van der Waals surface area (Å²) in [6.45, 7) is 0. The highest BCUT2D eigenvalue weighted by Gasteiger charge is 2.23. The topological polar surface area (TPSA) is 49.3 Å². The fourth-order valence-electron chi connectivity index (χ4n) is 10.7. The van der Waals surface area contributed by atoms with Gasteiger partial charge in [-0.1, -0.05) is 103 Å². The van der Waals surface area contributed by atoms with Crippen molar-refractivity contribution in [2.45, 2.75) is 0 Å². The number of para-hydroxylation sites is 4. The lowest BCUT2D eigenvalue weighted by atomic mass is 10.00. The monoisotopic (exact) mass is 804 g/mol. The van der Waals surface area contributed by atoms with E-state index < -0.39 is 0 Å². The fraction of sp³-hybridized carbons (Fsp3) is 0. The van der Waals surface area contributed by atoms with Crippen LogP contribution in [0.3, 0.4) is 0 Å². The lowest BCUT2D eigenvalue weighted by Crippen LogP contribution is -1.96. The molecule has 15 aromatic rings. The minimum Gasteiger partial charge on any atom is -0.456 e. The van der Waals surface area contributed by atoms with Gasteiger partial charge in [-0.2, -0.15) is 0 Å². The van der Waals surface area contributed by atoms with Crippen LogP contribution in [0.4, 0.5) is 0 Å². The van der Waals surface area contributed by atoms with Gasteiger partial charge in [0.25, 0.3) is 0 Å².